The molecule has 4 nitrogen and oxygen atoms in total. The molecule has 0 heterocycles. The van der Waals surface area contributed by atoms with Gasteiger partial charge in [0.1, 0.15) is 17.1 Å². The highest BCUT2D eigenvalue weighted by Gasteiger charge is 2.35. The molecule has 5 heteroatoms. The van der Waals surface area contributed by atoms with Gasteiger partial charge < -0.3 is 9.47 Å². The molecular formula is C26H35O4P. The van der Waals surface area contributed by atoms with E-state index in [9.17, 15) is 9.59 Å². The molecule has 2 aromatic rings. The maximum absolute atomic E-state index is 13.9. The van der Waals surface area contributed by atoms with Gasteiger partial charge in [0.2, 0.25) is 0 Å². The van der Waals surface area contributed by atoms with Crippen LogP contribution in [0.25, 0.3) is 0 Å². The van der Waals surface area contributed by atoms with E-state index in [4.69, 9.17) is 9.47 Å². The number of carbonyl (C=O) groups excluding carboxylic acids is 2. The van der Waals surface area contributed by atoms with Gasteiger partial charge in [-0.3, -0.25) is 9.59 Å². The Kier molecular flexibility index (Phi) is 8.42. The van der Waals surface area contributed by atoms with Crippen molar-refractivity contribution >= 4 is 19.0 Å². The van der Waals surface area contributed by atoms with E-state index in [-0.39, 0.29) is 22.4 Å². The summed E-state index contributed by atoms with van der Waals surface area (Å²) in [6.45, 7) is 12.5. The molecule has 2 unspecified atom stereocenters. The zero-order chi connectivity index (χ0) is 23.3. The summed E-state index contributed by atoms with van der Waals surface area (Å²) in [6, 6.07) is 11.1. The lowest BCUT2D eigenvalue weighted by Gasteiger charge is -2.27. The maximum Gasteiger partial charge on any atom is 0.199 e. The molecule has 168 valence electrons. The first kappa shape index (κ1) is 25.1. The first-order valence-corrected chi connectivity index (χ1v) is 12.2. The fourth-order valence-corrected chi connectivity index (χ4v) is 6.54. The molecule has 0 spiro atoms. The first-order chi connectivity index (χ1) is 14.5. The highest BCUT2D eigenvalue weighted by Crippen LogP contribution is 2.50. The second kappa shape index (κ2) is 10.4. The molecule has 31 heavy (non-hydrogen) atoms. The molecule has 2 atom stereocenters. The summed E-state index contributed by atoms with van der Waals surface area (Å²) in [5, 5.41) is 0. The molecule has 0 aliphatic carbocycles. The van der Waals surface area contributed by atoms with Crippen molar-refractivity contribution in [1.29, 1.82) is 0 Å². The predicted molar refractivity (Wildman–Crippen MR) is 129 cm³/mol. The number of methoxy groups -OCH3 is 2. The molecule has 0 N–H and O–H groups in total. The molecule has 0 aromatic heterocycles. The van der Waals surface area contributed by atoms with Crippen molar-refractivity contribution in [3.63, 3.8) is 0 Å². The number of aryl methyl sites for hydroxylation is 2. The zero-order valence-electron chi connectivity index (χ0n) is 20.0. The second-order valence-corrected chi connectivity index (χ2v) is 11.4. The summed E-state index contributed by atoms with van der Waals surface area (Å²) in [4.78, 5) is 27.7. The van der Waals surface area contributed by atoms with E-state index in [1.165, 1.54) is 14.2 Å². The van der Waals surface area contributed by atoms with Crippen molar-refractivity contribution in [1.82, 2.24) is 0 Å². The Morgan fingerprint density at radius 2 is 1.32 bits per heavy atom. The molecule has 0 aliphatic heterocycles. The Hall–Kier alpha value is -2.19. The summed E-state index contributed by atoms with van der Waals surface area (Å²) in [6.07, 6.45) is 1.47. The topological polar surface area (TPSA) is 52.6 Å². The number of benzene rings is 2. The summed E-state index contributed by atoms with van der Waals surface area (Å²) in [5.74, 6) is 1.10. The molecule has 0 amide bonds. The number of carbonyl (C=O) groups is 2. The molecule has 2 aromatic carbocycles. The van der Waals surface area contributed by atoms with Crippen LogP contribution in [0.1, 0.15) is 66.0 Å². The first-order valence-electron chi connectivity index (χ1n) is 10.6. The van der Waals surface area contributed by atoms with E-state index in [0.29, 0.717) is 28.8 Å². The van der Waals surface area contributed by atoms with Crippen molar-refractivity contribution in [2.75, 3.05) is 20.4 Å². The van der Waals surface area contributed by atoms with Crippen LogP contribution < -0.4 is 9.47 Å². The monoisotopic (exact) mass is 442 g/mol. The van der Waals surface area contributed by atoms with Crippen LogP contribution in [0, 0.1) is 25.2 Å². The highest BCUT2D eigenvalue weighted by atomic mass is 31.1. The van der Waals surface area contributed by atoms with E-state index in [1.807, 2.05) is 32.0 Å². The van der Waals surface area contributed by atoms with Gasteiger partial charge in [-0.1, -0.05) is 52.0 Å². The molecule has 0 bridgehead atoms. The number of hydrogen-bond acceptors (Lipinski definition) is 4. The quantitative estimate of drug-likeness (QED) is 0.398. The van der Waals surface area contributed by atoms with Crippen LogP contribution in [0.5, 0.6) is 11.5 Å². The largest absolute Gasteiger partial charge is 0.496 e. The van der Waals surface area contributed by atoms with Crippen molar-refractivity contribution in [3.8, 4) is 11.5 Å². The summed E-state index contributed by atoms with van der Waals surface area (Å²) in [5.41, 5.74) is 2.70. The Balaban J connectivity index is 2.57. The Bertz CT molecular complexity index is 900. The summed E-state index contributed by atoms with van der Waals surface area (Å²) < 4.78 is 11.0. The van der Waals surface area contributed by atoms with Gasteiger partial charge in [-0.25, -0.2) is 0 Å². The van der Waals surface area contributed by atoms with Crippen LogP contribution in [-0.4, -0.2) is 31.4 Å². The van der Waals surface area contributed by atoms with E-state index in [2.05, 4.69) is 27.7 Å². The van der Waals surface area contributed by atoms with Gasteiger partial charge in [0, 0.05) is 13.5 Å². The predicted octanol–water partition coefficient (Wildman–Crippen LogP) is 6.86. The van der Waals surface area contributed by atoms with Crippen molar-refractivity contribution in [2.24, 2.45) is 11.3 Å². The zero-order valence-corrected chi connectivity index (χ0v) is 20.9. The minimum absolute atomic E-state index is 0.0654. The number of hydrogen-bond donors (Lipinski definition) is 0. The Labute approximate surface area is 188 Å². The molecule has 0 saturated heterocycles. The van der Waals surface area contributed by atoms with Gasteiger partial charge in [-0.2, -0.15) is 0 Å². The van der Waals surface area contributed by atoms with Crippen LogP contribution in [-0.2, 0) is 0 Å². The Morgan fingerprint density at radius 1 is 0.871 bits per heavy atom. The minimum Gasteiger partial charge on any atom is -0.496 e. The number of ether oxygens (including phenoxy) is 2. The van der Waals surface area contributed by atoms with E-state index in [0.717, 1.165) is 17.5 Å². The average molecular weight is 443 g/mol. The van der Waals surface area contributed by atoms with Crippen molar-refractivity contribution < 1.29 is 19.1 Å². The van der Waals surface area contributed by atoms with Gasteiger partial charge >= 0.3 is 0 Å². The van der Waals surface area contributed by atoms with Gasteiger partial charge in [0.15, 0.2) is 11.0 Å². The molecule has 0 saturated carbocycles. The lowest BCUT2D eigenvalue weighted by atomic mass is 9.86. The van der Waals surface area contributed by atoms with Crippen LogP contribution in [0.2, 0.25) is 0 Å². The van der Waals surface area contributed by atoms with Crippen LogP contribution >= 0.6 is 7.92 Å². The van der Waals surface area contributed by atoms with E-state index < -0.39 is 7.92 Å². The second-order valence-electron chi connectivity index (χ2n) is 9.40. The van der Waals surface area contributed by atoms with E-state index >= 15 is 0 Å². The molecular weight excluding hydrogens is 407 g/mol. The van der Waals surface area contributed by atoms with Crippen LogP contribution in [0.3, 0.4) is 0 Å². The normalized spacial score (nSPS) is 13.4. The van der Waals surface area contributed by atoms with Crippen molar-refractivity contribution in [3.05, 3.63) is 58.7 Å². The highest BCUT2D eigenvalue weighted by molar-refractivity contribution is 7.90. The summed E-state index contributed by atoms with van der Waals surface area (Å²) in [7, 11) is 1.42. The third-order valence-corrected chi connectivity index (χ3v) is 7.70. The van der Waals surface area contributed by atoms with Gasteiger partial charge in [0.25, 0.3) is 0 Å². The van der Waals surface area contributed by atoms with Crippen molar-refractivity contribution in [2.45, 2.75) is 48.0 Å². The smallest absolute Gasteiger partial charge is 0.199 e. The number of rotatable bonds is 9. The minimum atomic E-state index is -1.64. The fraction of sp³-hybridized carbons (Fsp3) is 0.462. The summed E-state index contributed by atoms with van der Waals surface area (Å²) >= 11 is 0. The average Bonchev–Trinajstić information content (AvgIpc) is 2.69. The molecule has 2 rings (SSSR count). The molecule has 0 radical (unpaired) electrons. The Morgan fingerprint density at radius 3 is 1.77 bits per heavy atom. The third-order valence-electron chi connectivity index (χ3n) is 5.28. The van der Waals surface area contributed by atoms with Gasteiger partial charge in [-0.05, 0) is 61.0 Å². The molecule has 0 aliphatic rings. The maximum atomic E-state index is 13.9. The van der Waals surface area contributed by atoms with Crippen LogP contribution in [0.4, 0.5) is 0 Å². The lowest BCUT2D eigenvalue weighted by molar-refractivity contribution is 0.104. The van der Waals surface area contributed by atoms with Gasteiger partial charge in [-0.15, -0.1) is 0 Å². The SMILES string of the molecule is COc1cccc(OC)c1C(=O)P(CC(C)CC(C)(C)C)C(=O)c1c(C)cccc1C. The fourth-order valence-electron chi connectivity index (χ4n) is 4.16. The van der Waals surface area contributed by atoms with Crippen LogP contribution in [0.15, 0.2) is 36.4 Å². The van der Waals surface area contributed by atoms with Gasteiger partial charge in [0.05, 0.1) is 14.2 Å². The lowest BCUT2D eigenvalue weighted by Crippen LogP contribution is -2.19. The van der Waals surface area contributed by atoms with E-state index in [1.54, 1.807) is 18.2 Å². The molecule has 0 fully saturated rings. The third kappa shape index (κ3) is 6.17. The standard InChI is InChI=1S/C26H35O4P/c1-17(15-26(4,5)6)16-31(24(27)22-18(2)11-9-12-19(22)3)25(28)23-20(29-7)13-10-14-21(23)30-8/h9-14,17H,15-16H2,1-8H3.